The van der Waals surface area contributed by atoms with Crippen LogP contribution in [0.25, 0.3) is 0 Å². The first kappa shape index (κ1) is 39.3. The summed E-state index contributed by atoms with van der Waals surface area (Å²) < 4.78 is 54.0. The standard InChI is InChI=1S/C14H7ClF3NO5.C7H3Br2NO.C3H8NO5P/c15-10-5-7(14(16,17)18)1-4-12(10)24-8-2-3-11(19(22)23)9(6-8)13(20)21;8-5-1-4(3-10)2-6(9)7(5)11;5-3(6)1-4-2-10(7,8)9/h1-6H,(H,20,21);1-2,11H;4H,1-2H2,(H,5,6)(H2,7,8,9). The number of nitriles is 1. The van der Waals surface area contributed by atoms with Crippen LogP contribution in [0.2, 0.25) is 5.02 Å². The minimum atomic E-state index is -4.58. The summed E-state index contributed by atoms with van der Waals surface area (Å²) in [6.07, 6.45) is -5.18. The Balaban J connectivity index is 0.000000399. The molecule has 3 aromatic rings. The van der Waals surface area contributed by atoms with Crippen LogP contribution in [0.5, 0.6) is 17.2 Å². The van der Waals surface area contributed by atoms with Crippen molar-refractivity contribution in [2.45, 2.75) is 6.18 Å². The van der Waals surface area contributed by atoms with Gasteiger partial charge in [-0.05, 0) is 68.3 Å². The third-order valence-electron chi connectivity index (χ3n) is 4.62. The molecule has 0 heterocycles. The molecule has 0 saturated carbocycles. The molecule has 3 rings (SSSR count). The van der Waals surface area contributed by atoms with E-state index in [0.717, 1.165) is 30.3 Å². The normalized spacial score (nSPS) is 10.7. The van der Waals surface area contributed by atoms with E-state index in [2.05, 4.69) is 37.2 Å². The number of aromatic carboxylic acids is 1. The fourth-order valence-corrected chi connectivity index (χ4v) is 4.54. The van der Waals surface area contributed by atoms with E-state index in [1.807, 2.05) is 6.07 Å². The van der Waals surface area contributed by atoms with Crippen LogP contribution in [0.4, 0.5) is 18.9 Å². The lowest BCUT2D eigenvalue weighted by Gasteiger charge is -2.11. The number of phenolic OH excluding ortho intramolecular Hbond substituents is 1. The van der Waals surface area contributed by atoms with E-state index in [1.54, 1.807) is 12.1 Å². The molecule has 0 bridgehead atoms. The molecule has 14 nitrogen and oxygen atoms in total. The number of benzene rings is 3. The van der Waals surface area contributed by atoms with E-state index in [1.165, 1.54) is 0 Å². The third kappa shape index (κ3) is 13.8. The van der Waals surface area contributed by atoms with Crippen LogP contribution in [0, 0.1) is 21.4 Å². The smallest absolute Gasteiger partial charge is 0.416 e. The zero-order valence-corrected chi connectivity index (χ0v) is 26.7. The van der Waals surface area contributed by atoms with E-state index >= 15 is 0 Å². The van der Waals surface area contributed by atoms with Crippen LogP contribution in [-0.2, 0) is 15.5 Å². The monoisotopic (exact) mass is 805 g/mol. The Bertz CT molecular complexity index is 1640. The van der Waals surface area contributed by atoms with Gasteiger partial charge in [0.1, 0.15) is 22.8 Å². The van der Waals surface area contributed by atoms with Gasteiger partial charge in [-0.1, -0.05) is 11.6 Å². The summed E-state index contributed by atoms with van der Waals surface area (Å²) in [5.74, 6) is -2.86. The van der Waals surface area contributed by atoms with Gasteiger partial charge in [0, 0.05) is 12.1 Å². The number of nitro groups is 1. The van der Waals surface area contributed by atoms with E-state index in [4.69, 9.17) is 41.6 Å². The molecule has 6 N–H and O–H groups in total. The number of hydrogen-bond acceptors (Lipinski definition) is 9. The first-order valence-electron chi connectivity index (χ1n) is 11.3. The lowest BCUT2D eigenvalue weighted by molar-refractivity contribution is -0.385. The van der Waals surface area contributed by atoms with E-state index in [9.17, 15) is 42.5 Å². The number of nitrogens with zero attached hydrogens (tertiary/aromatic N) is 2. The van der Waals surface area contributed by atoms with Crippen LogP contribution in [0.1, 0.15) is 21.5 Å². The van der Waals surface area contributed by atoms with Crippen LogP contribution < -0.4 is 10.1 Å². The molecular weight excluding hydrogens is 790 g/mol. The quantitative estimate of drug-likeness (QED) is 0.0828. The van der Waals surface area contributed by atoms with Crippen LogP contribution in [0.3, 0.4) is 0 Å². The maximum Gasteiger partial charge on any atom is 0.416 e. The van der Waals surface area contributed by atoms with Crippen molar-refractivity contribution in [3.8, 4) is 23.3 Å². The Morgan fingerprint density at radius 2 is 1.67 bits per heavy atom. The molecule has 0 spiro atoms. The van der Waals surface area contributed by atoms with Crippen molar-refractivity contribution in [1.29, 1.82) is 5.26 Å². The van der Waals surface area contributed by atoms with Gasteiger partial charge in [-0.3, -0.25) is 24.8 Å². The van der Waals surface area contributed by atoms with Crippen molar-refractivity contribution >= 4 is 68.7 Å². The predicted octanol–water partition coefficient (Wildman–Crippen LogP) is 6.34. The maximum absolute atomic E-state index is 12.6. The summed E-state index contributed by atoms with van der Waals surface area (Å²) in [7, 11) is -4.10. The average Bonchev–Trinajstić information content (AvgIpc) is 2.91. The van der Waals surface area contributed by atoms with Gasteiger partial charge in [0.2, 0.25) is 0 Å². The number of carboxylic acid groups (broad SMARTS) is 2. The second-order valence-electron chi connectivity index (χ2n) is 8.03. The molecule has 0 saturated heterocycles. The van der Waals surface area contributed by atoms with Crippen molar-refractivity contribution < 1.29 is 62.1 Å². The average molecular weight is 808 g/mol. The number of halogens is 6. The number of carboxylic acids is 2. The van der Waals surface area contributed by atoms with Crippen LogP contribution in [0.15, 0.2) is 57.5 Å². The molecule has 0 radical (unpaired) electrons. The molecule has 3 aromatic carbocycles. The minimum absolute atomic E-state index is 0.115. The second-order valence-corrected chi connectivity index (χ2v) is 11.8. The number of ether oxygens (including phenoxy) is 1. The molecule has 0 aliphatic heterocycles. The Labute approximate surface area is 272 Å². The van der Waals surface area contributed by atoms with Crippen molar-refractivity contribution in [3.05, 3.63) is 89.3 Å². The number of aromatic hydroxyl groups is 1. The van der Waals surface area contributed by atoms with Crippen LogP contribution >= 0.6 is 51.1 Å². The number of rotatable bonds is 8. The van der Waals surface area contributed by atoms with Crippen LogP contribution in [-0.4, -0.2) is 54.8 Å². The highest BCUT2D eigenvalue weighted by atomic mass is 79.9. The van der Waals surface area contributed by atoms with E-state index in [-0.39, 0.29) is 22.3 Å². The van der Waals surface area contributed by atoms with Crippen molar-refractivity contribution in [3.63, 3.8) is 0 Å². The fraction of sp³-hybridized carbons (Fsp3) is 0.125. The van der Waals surface area contributed by atoms with Gasteiger partial charge in [0.05, 0.1) is 48.9 Å². The summed E-state index contributed by atoms with van der Waals surface area (Å²) in [4.78, 5) is 47.1. The minimum Gasteiger partial charge on any atom is -0.506 e. The van der Waals surface area contributed by atoms with E-state index in [0.29, 0.717) is 20.6 Å². The number of nitro benzene ring substituents is 1. The summed E-state index contributed by atoms with van der Waals surface area (Å²) in [6.45, 7) is -0.439. The number of alkyl halides is 3. The third-order valence-corrected chi connectivity index (χ3v) is 6.76. The molecule has 21 heteroatoms. The van der Waals surface area contributed by atoms with Gasteiger partial charge in [-0.25, -0.2) is 4.79 Å². The number of aliphatic carboxylic acids is 1. The molecule has 0 atom stereocenters. The number of nitrogens with one attached hydrogen (secondary N) is 1. The van der Waals surface area contributed by atoms with Gasteiger partial charge in [0.15, 0.2) is 0 Å². The van der Waals surface area contributed by atoms with Gasteiger partial charge in [-0.15, -0.1) is 0 Å². The fourth-order valence-electron chi connectivity index (χ4n) is 2.73. The SMILES string of the molecule is N#Cc1cc(Br)c(O)c(Br)c1.O=C(O)CNCP(=O)(O)O.O=C(O)c1cc(Oc2ccc(C(F)(F)F)cc2Cl)ccc1[N+](=O)[O-]. The highest BCUT2D eigenvalue weighted by Crippen LogP contribution is 2.37. The summed E-state index contributed by atoms with van der Waals surface area (Å²) in [5, 5.41) is 47.2. The van der Waals surface area contributed by atoms with Crippen molar-refractivity contribution in [2.24, 2.45) is 0 Å². The molecule has 45 heavy (non-hydrogen) atoms. The highest BCUT2D eigenvalue weighted by molar-refractivity contribution is 9.11. The largest absolute Gasteiger partial charge is 0.506 e. The second kappa shape index (κ2) is 17.1. The maximum atomic E-state index is 12.6. The van der Waals surface area contributed by atoms with Crippen molar-refractivity contribution in [1.82, 2.24) is 5.32 Å². The molecule has 0 aliphatic carbocycles. The molecule has 0 unspecified atom stereocenters. The first-order valence-corrected chi connectivity index (χ1v) is 15.0. The lowest BCUT2D eigenvalue weighted by atomic mass is 10.1. The van der Waals surface area contributed by atoms with E-state index < -0.39 is 60.3 Å². The molecular formula is C24H18Br2ClF3N3O11P. The topological polar surface area (TPSA) is 241 Å². The summed E-state index contributed by atoms with van der Waals surface area (Å²) in [5.41, 5.74) is -1.75. The lowest BCUT2D eigenvalue weighted by Crippen LogP contribution is -2.23. The number of hydrogen-bond donors (Lipinski definition) is 6. The summed E-state index contributed by atoms with van der Waals surface area (Å²) in [6, 6.07) is 10.3. The Morgan fingerprint density at radius 3 is 2.09 bits per heavy atom. The first-order chi connectivity index (χ1) is 20.7. The van der Waals surface area contributed by atoms with Gasteiger partial charge in [-0.2, -0.15) is 18.4 Å². The highest BCUT2D eigenvalue weighted by Gasteiger charge is 2.31. The Kier molecular flexibility index (Phi) is 14.9. The molecule has 0 aliphatic rings. The Hall–Kier alpha value is -3.76. The van der Waals surface area contributed by atoms with Gasteiger partial charge < -0.3 is 29.8 Å². The number of phenols is 1. The molecule has 0 fully saturated rings. The predicted molar refractivity (Wildman–Crippen MR) is 157 cm³/mol. The molecule has 0 amide bonds. The Morgan fingerprint density at radius 1 is 1.09 bits per heavy atom. The number of carbonyl (C=O) groups is 2. The zero-order valence-electron chi connectivity index (χ0n) is 21.8. The van der Waals surface area contributed by atoms with Crippen molar-refractivity contribution in [2.75, 3.05) is 12.8 Å². The van der Waals surface area contributed by atoms with Gasteiger partial charge in [0.25, 0.3) is 5.69 Å². The van der Waals surface area contributed by atoms with Gasteiger partial charge >= 0.3 is 25.7 Å². The zero-order chi connectivity index (χ0) is 34.7. The molecule has 0 aromatic heterocycles. The summed E-state index contributed by atoms with van der Waals surface area (Å²) >= 11 is 11.9. The molecule has 242 valence electrons.